The van der Waals surface area contributed by atoms with E-state index in [1.165, 1.54) is 16.7 Å². The Bertz CT molecular complexity index is 4640. The Labute approximate surface area is 601 Å². The van der Waals surface area contributed by atoms with Crippen LogP contribution in [0.1, 0.15) is 85.0 Å². The quantitative estimate of drug-likeness (QED) is 0.0637. The fraction of sp³-hybridized carbons (Fsp3) is 0.321. The fourth-order valence-electron chi connectivity index (χ4n) is 12.9. The van der Waals surface area contributed by atoms with Gasteiger partial charge in [-0.15, -0.1) is 0 Å². The number of anilines is 3. The van der Waals surface area contributed by atoms with E-state index in [0.29, 0.717) is 41.9 Å². The molecule has 0 spiro atoms. The summed E-state index contributed by atoms with van der Waals surface area (Å²) in [5.74, 6) is 6.00. The van der Waals surface area contributed by atoms with E-state index in [2.05, 4.69) is 159 Å². The van der Waals surface area contributed by atoms with Crippen molar-refractivity contribution in [2.45, 2.75) is 80.4 Å². The highest BCUT2D eigenvalue weighted by Crippen LogP contribution is 2.26. The second-order valence-corrected chi connectivity index (χ2v) is 26.8. The molecule has 3 N–H and O–H groups in total. The first-order valence-corrected chi connectivity index (χ1v) is 35.2. The predicted molar refractivity (Wildman–Crippen MR) is 400 cm³/mol. The Balaban J connectivity index is 0.000000137. The second-order valence-electron chi connectivity index (χ2n) is 26.5. The Morgan fingerprint density at radius 3 is 1.02 bits per heavy atom. The van der Waals surface area contributed by atoms with E-state index in [4.69, 9.17) is 46.2 Å². The molecule has 102 heavy (non-hydrogen) atoms. The zero-order chi connectivity index (χ0) is 70.3. The summed E-state index contributed by atoms with van der Waals surface area (Å²) in [5, 5.41) is 22.5. The fourth-order valence-corrected chi connectivity index (χ4v) is 13.0. The number of H-pyrrole nitrogens is 3. The lowest BCUT2D eigenvalue weighted by molar-refractivity contribution is 0.249. The molecule has 522 valence electrons. The standard InChI is InChI=1S/C27H31N7O.C26H29N7.C25H27ClN8/c1-19-14-23(16-24-15-20(2)31-32-24)30-27(29-19)22-6-9-26(28-17-22)34-12-10-33(11-13-34)18-21-4-7-25(35-3)8-5-21;1-19-14-23(16-24-15-20(2)30-31-24)29-26(28-19)22-8-9-25(27-17-22)33-12-10-32(11-13-33)18-21-6-4-3-5-7-21;1-17-11-21(13-22-12-18(2)31-32-22)30-25(29-17)20-4-6-24(28-15-20)34-9-7-33(8-10-34)16-19-3-5-23(26)27-14-19/h4-9,14-15,17H,10-13,16,18H2,1-3H3,(H,31,32);3-9,14-15,17H,10-13,16,18H2,1-2H3,(H,30,31);3-6,11-12,14-15H,7-10,13,16H2,1-2H3,(H,31,32). The van der Waals surface area contributed by atoms with Crippen LogP contribution in [0.25, 0.3) is 34.2 Å². The number of rotatable bonds is 19. The number of hydrogen-bond donors (Lipinski definition) is 3. The first kappa shape index (κ1) is 69.7. The van der Waals surface area contributed by atoms with Crippen LogP contribution >= 0.6 is 11.6 Å². The number of aryl methyl sites for hydroxylation is 6. The molecular weight excluding hydrogens is 1300 g/mol. The summed E-state index contributed by atoms with van der Waals surface area (Å²) in [7, 11) is 1.70. The van der Waals surface area contributed by atoms with Crippen LogP contribution in [0.4, 0.5) is 17.5 Å². The summed E-state index contributed by atoms with van der Waals surface area (Å²) in [6.45, 7) is 26.6. The van der Waals surface area contributed by atoms with Gasteiger partial charge >= 0.3 is 0 Å². The van der Waals surface area contributed by atoms with E-state index in [9.17, 15) is 0 Å². The van der Waals surface area contributed by atoms with E-state index in [1.807, 2.05) is 127 Å². The summed E-state index contributed by atoms with van der Waals surface area (Å²) >= 11 is 5.89. The van der Waals surface area contributed by atoms with Crippen LogP contribution in [0.5, 0.6) is 5.75 Å². The second kappa shape index (κ2) is 33.2. The average molecular weight is 1380 g/mol. The molecular formula is C78H87ClN22O. The van der Waals surface area contributed by atoms with Gasteiger partial charge in [-0.25, -0.2) is 49.8 Å². The van der Waals surface area contributed by atoms with Gasteiger partial charge in [-0.2, -0.15) is 15.3 Å². The van der Waals surface area contributed by atoms with Gasteiger partial charge in [0, 0.05) is 193 Å². The first-order valence-electron chi connectivity index (χ1n) is 34.8. The van der Waals surface area contributed by atoms with Crippen LogP contribution < -0.4 is 19.4 Å². The molecule has 12 aromatic rings. The number of nitrogens with one attached hydrogen (secondary N) is 3. The number of hydrogen-bond acceptors (Lipinski definition) is 20. The van der Waals surface area contributed by atoms with Gasteiger partial charge in [-0.1, -0.05) is 60.1 Å². The monoisotopic (exact) mass is 1380 g/mol. The number of aromatic nitrogens is 16. The van der Waals surface area contributed by atoms with Crippen molar-refractivity contribution in [3.05, 3.63) is 254 Å². The van der Waals surface area contributed by atoms with Gasteiger partial charge in [0.1, 0.15) is 28.4 Å². The molecule has 3 saturated heterocycles. The molecule has 0 unspecified atom stereocenters. The summed E-state index contributed by atoms with van der Waals surface area (Å²) < 4.78 is 5.26. The lowest BCUT2D eigenvalue weighted by atomic mass is 10.1. The number of pyridine rings is 4. The van der Waals surface area contributed by atoms with E-state index in [0.717, 1.165) is 206 Å². The zero-order valence-electron chi connectivity index (χ0n) is 59.1. The van der Waals surface area contributed by atoms with Crippen molar-refractivity contribution < 1.29 is 4.74 Å². The summed E-state index contributed by atoms with van der Waals surface area (Å²) in [4.78, 5) is 61.1. The van der Waals surface area contributed by atoms with Gasteiger partial charge in [0.2, 0.25) is 0 Å². The van der Waals surface area contributed by atoms with Crippen molar-refractivity contribution in [3.63, 3.8) is 0 Å². The smallest absolute Gasteiger partial charge is 0.161 e. The molecule has 0 saturated carbocycles. The first-order chi connectivity index (χ1) is 49.7. The molecule has 2 aromatic carbocycles. The van der Waals surface area contributed by atoms with Crippen LogP contribution in [0.15, 0.2) is 164 Å². The van der Waals surface area contributed by atoms with Crippen LogP contribution in [-0.2, 0) is 38.9 Å². The molecule has 0 atom stereocenters. The highest BCUT2D eigenvalue weighted by atomic mass is 35.5. The van der Waals surface area contributed by atoms with Crippen molar-refractivity contribution in [1.82, 2.24) is 95.1 Å². The molecule has 24 heteroatoms. The molecule has 23 nitrogen and oxygen atoms in total. The third-order valence-corrected chi connectivity index (χ3v) is 18.4. The molecule has 0 bridgehead atoms. The Morgan fingerprint density at radius 2 is 0.706 bits per heavy atom. The Kier molecular flexibility index (Phi) is 22.7. The minimum absolute atomic E-state index is 0.531. The van der Waals surface area contributed by atoms with Crippen molar-refractivity contribution in [2.75, 3.05) is 100 Å². The number of ether oxygens (including phenoxy) is 1. The van der Waals surface area contributed by atoms with Gasteiger partial charge in [0.15, 0.2) is 17.5 Å². The maximum absolute atomic E-state index is 5.89. The number of piperazine rings is 3. The van der Waals surface area contributed by atoms with Crippen molar-refractivity contribution in [3.8, 4) is 39.9 Å². The van der Waals surface area contributed by atoms with Crippen LogP contribution in [0, 0.1) is 41.5 Å². The minimum Gasteiger partial charge on any atom is -0.497 e. The van der Waals surface area contributed by atoms with Crippen molar-refractivity contribution in [2.24, 2.45) is 0 Å². The Morgan fingerprint density at radius 1 is 0.353 bits per heavy atom. The molecule has 15 rings (SSSR count). The maximum Gasteiger partial charge on any atom is 0.161 e. The third-order valence-electron chi connectivity index (χ3n) is 18.2. The van der Waals surface area contributed by atoms with E-state index >= 15 is 0 Å². The van der Waals surface area contributed by atoms with Gasteiger partial charge in [0.25, 0.3) is 0 Å². The molecule has 0 radical (unpaired) electrons. The lowest BCUT2D eigenvalue weighted by Gasteiger charge is -2.35. The SMILES string of the molecule is COc1ccc(CN2CCN(c3ccc(-c4nc(C)cc(Cc5cc(C)[nH]n5)n4)cn3)CC2)cc1.Cc1cc(Cc2cc(C)[nH]n2)nc(-c2ccc(N3CCN(Cc4ccc(Cl)nc4)CC3)nc2)n1.Cc1cc(Cc2cc(C)[nH]n2)nc(-c2ccc(N3CCN(Cc4ccccc4)CC3)nc2)n1. The maximum atomic E-state index is 5.89. The average Bonchev–Trinajstić information content (AvgIpc) is 0.918. The molecule has 3 fully saturated rings. The summed E-state index contributed by atoms with van der Waals surface area (Å²) in [5.41, 5.74) is 18.4. The highest BCUT2D eigenvalue weighted by molar-refractivity contribution is 6.29. The van der Waals surface area contributed by atoms with Gasteiger partial charge in [-0.05, 0) is 149 Å². The van der Waals surface area contributed by atoms with E-state index in [1.54, 1.807) is 7.11 Å². The van der Waals surface area contributed by atoms with Crippen LogP contribution in [-0.4, -0.2) is 181 Å². The molecule has 3 aliphatic rings. The largest absolute Gasteiger partial charge is 0.497 e. The third kappa shape index (κ3) is 19.2. The van der Waals surface area contributed by atoms with Crippen LogP contribution in [0.3, 0.4) is 0 Å². The predicted octanol–water partition coefficient (Wildman–Crippen LogP) is 11.4. The number of nitrogens with zero attached hydrogens (tertiary/aromatic N) is 19. The molecule has 0 amide bonds. The molecule has 10 aromatic heterocycles. The topological polar surface area (TPSA) is 244 Å². The minimum atomic E-state index is 0.531. The zero-order valence-corrected chi connectivity index (χ0v) is 59.9. The number of benzene rings is 2. The lowest BCUT2D eigenvalue weighted by Crippen LogP contribution is -2.46. The molecule has 3 aliphatic heterocycles. The number of halogens is 1. The van der Waals surface area contributed by atoms with Gasteiger partial charge in [-0.3, -0.25) is 30.0 Å². The van der Waals surface area contributed by atoms with Crippen LogP contribution in [0.2, 0.25) is 5.15 Å². The highest BCUT2D eigenvalue weighted by Gasteiger charge is 2.23. The van der Waals surface area contributed by atoms with E-state index < -0.39 is 0 Å². The van der Waals surface area contributed by atoms with Crippen molar-refractivity contribution in [1.29, 1.82) is 0 Å². The summed E-state index contributed by atoms with van der Waals surface area (Å²) in [6.07, 6.45) is 9.52. The Hall–Kier alpha value is -10.7. The number of methoxy groups -OCH3 is 1. The molecule has 13 heterocycles. The van der Waals surface area contributed by atoms with Gasteiger partial charge < -0.3 is 19.4 Å². The summed E-state index contributed by atoms with van der Waals surface area (Å²) in [6, 6.07) is 47.5. The van der Waals surface area contributed by atoms with E-state index in [-0.39, 0.29) is 0 Å². The normalized spacial score (nSPS) is 14.5. The van der Waals surface area contributed by atoms with Crippen molar-refractivity contribution >= 4 is 29.1 Å². The molecule has 0 aliphatic carbocycles. The van der Waals surface area contributed by atoms with Gasteiger partial charge in [0.05, 0.1) is 41.3 Å². The number of aromatic amines is 3.